The van der Waals surface area contributed by atoms with Gasteiger partial charge in [0.2, 0.25) is 5.60 Å². The van der Waals surface area contributed by atoms with Gasteiger partial charge in [-0.2, -0.15) is 0 Å². The Bertz CT molecular complexity index is 2380. The Morgan fingerprint density at radius 2 is 1.75 bits per heavy atom. The van der Waals surface area contributed by atoms with Crippen LogP contribution in [0.2, 0.25) is 0 Å². The number of piperidine rings is 1. The summed E-state index contributed by atoms with van der Waals surface area (Å²) in [6.45, 7) is 8.02. The third kappa shape index (κ3) is 5.69. The van der Waals surface area contributed by atoms with Gasteiger partial charge in [0.1, 0.15) is 17.2 Å². The summed E-state index contributed by atoms with van der Waals surface area (Å²) < 4.78 is 24.6. The molecule has 2 aromatic carbocycles. The van der Waals surface area contributed by atoms with Gasteiger partial charge in [0, 0.05) is 84.0 Å². The predicted molar refractivity (Wildman–Crippen MR) is 236 cm³/mol. The number of benzene rings is 2. The van der Waals surface area contributed by atoms with E-state index in [1.807, 2.05) is 50.1 Å². The molecule has 1 aliphatic carbocycles. The standard InChI is InChI=1S/C49H63N5O9/c1-7-45(58)25-29-26-48(43(56)61-5,38-31(16-21-53(27-29)28-45)30-13-9-10-14-34(30)51-38)33-23-32-36(24-37(33)60-4)52(3)41-47(32)18-22-54-20-12-17-46(8-2,40(47)54)42(49(41,59)44(57)62-6)63-39(55)35-15-11-19-50-35/h9-10,12-14,17,23-24,29,35,40-42,50-51,58-59H,7-8,11,15-16,18-22,25-28H2,1-6H3/t29-,35-,40?,41?,42+,45-,46+,47?,48-,49-/m0/s1. The molecule has 4 unspecified atom stereocenters. The van der Waals surface area contributed by atoms with Crippen LogP contribution in [-0.4, -0.2) is 146 Å². The van der Waals surface area contributed by atoms with Crippen LogP contribution >= 0.6 is 0 Å². The zero-order valence-corrected chi connectivity index (χ0v) is 37.5. The lowest BCUT2D eigenvalue weighted by Crippen LogP contribution is -2.81. The molecule has 7 aliphatic rings. The molecule has 0 radical (unpaired) electrons. The quantitative estimate of drug-likeness (QED) is 0.147. The molecule has 14 heteroatoms. The van der Waals surface area contributed by atoms with Crippen molar-refractivity contribution in [1.29, 1.82) is 0 Å². The molecule has 1 saturated carbocycles. The first-order valence-electron chi connectivity index (χ1n) is 23.1. The van der Waals surface area contributed by atoms with Crippen molar-refractivity contribution in [3.05, 3.63) is 70.9 Å². The summed E-state index contributed by atoms with van der Waals surface area (Å²) in [6.07, 6.45) is 7.40. The molecule has 3 saturated heterocycles. The maximum atomic E-state index is 15.4. The number of fused-ring (bicyclic) bond motifs is 6. The summed E-state index contributed by atoms with van der Waals surface area (Å²) >= 11 is 0. The molecule has 0 amide bonds. The van der Waals surface area contributed by atoms with Crippen LogP contribution in [0.15, 0.2) is 48.6 Å². The molecule has 6 aliphatic heterocycles. The van der Waals surface area contributed by atoms with Crippen LogP contribution in [0.1, 0.15) is 81.2 Å². The largest absolute Gasteiger partial charge is 0.496 e. The number of carbonyl (C=O) groups is 3. The number of likely N-dealkylation sites (N-methyl/N-ethyl adjacent to an activating group) is 1. The minimum absolute atomic E-state index is 0.103. The molecule has 4 N–H and O–H groups in total. The van der Waals surface area contributed by atoms with E-state index >= 15 is 4.79 Å². The Labute approximate surface area is 369 Å². The van der Waals surface area contributed by atoms with E-state index in [1.165, 1.54) is 14.2 Å². The van der Waals surface area contributed by atoms with Crippen molar-refractivity contribution in [2.75, 3.05) is 72.5 Å². The summed E-state index contributed by atoms with van der Waals surface area (Å²) in [7, 11) is 6.21. The van der Waals surface area contributed by atoms with Crippen LogP contribution in [-0.2, 0) is 45.8 Å². The fraction of sp³-hybridized carbons (Fsp3) is 0.612. The molecule has 7 heterocycles. The van der Waals surface area contributed by atoms with E-state index in [0.29, 0.717) is 95.5 Å². The normalized spacial score (nSPS) is 37.8. The average Bonchev–Trinajstić information content (AvgIpc) is 4.11. The molecule has 11 atom stereocenters. The first-order valence-corrected chi connectivity index (χ1v) is 23.1. The van der Waals surface area contributed by atoms with Crippen molar-refractivity contribution in [2.45, 2.75) is 111 Å². The first-order chi connectivity index (χ1) is 30.3. The highest BCUT2D eigenvalue weighted by Crippen LogP contribution is 2.68. The summed E-state index contributed by atoms with van der Waals surface area (Å²) in [5.41, 5.74) is -1.68. The average molecular weight is 866 g/mol. The molecule has 4 fully saturated rings. The van der Waals surface area contributed by atoms with Gasteiger partial charge in [-0.25, -0.2) is 4.79 Å². The third-order valence-electron chi connectivity index (χ3n) is 16.9. The molecule has 338 valence electrons. The van der Waals surface area contributed by atoms with E-state index < -0.39 is 63.5 Å². The van der Waals surface area contributed by atoms with Crippen molar-refractivity contribution in [3.63, 3.8) is 0 Å². The monoisotopic (exact) mass is 865 g/mol. The topological polar surface area (TPSA) is 166 Å². The number of hydrogen-bond acceptors (Lipinski definition) is 13. The zero-order valence-electron chi connectivity index (χ0n) is 37.5. The van der Waals surface area contributed by atoms with Crippen molar-refractivity contribution < 1.29 is 43.5 Å². The van der Waals surface area contributed by atoms with Crippen molar-refractivity contribution in [2.24, 2.45) is 11.3 Å². The van der Waals surface area contributed by atoms with Gasteiger partial charge in [0.25, 0.3) is 0 Å². The number of hydrogen-bond donors (Lipinski definition) is 4. The number of aromatic nitrogens is 1. The second-order valence-corrected chi connectivity index (χ2v) is 19.7. The summed E-state index contributed by atoms with van der Waals surface area (Å²) in [6, 6.07) is 10.4. The maximum absolute atomic E-state index is 15.4. The minimum Gasteiger partial charge on any atom is -0.496 e. The predicted octanol–water partition coefficient (Wildman–Crippen LogP) is 3.72. The summed E-state index contributed by atoms with van der Waals surface area (Å²) in [4.78, 5) is 54.8. The molecular formula is C49H63N5O9. The third-order valence-corrected chi connectivity index (χ3v) is 16.9. The number of esters is 3. The number of rotatable bonds is 8. The molecule has 2 bridgehead atoms. The van der Waals surface area contributed by atoms with Gasteiger partial charge in [0.15, 0.2) is 6.10 Å². The van der Waals surface area contributed by atoms with Crippen molar-refractivity contribution >= 4 is 34.5 Å². The SMILES string of the molecule is CC[C@]1(O)C[C@@H]2CN(CCc3c([nH]c4ccccc34)[C@@](C(=O)OC)(c3cc4c(cc3OC)N(C)C3C45CCN4CC=C[C@](CC)(C45)[C@@H](OC(=O)[C@@H]4CCCN4)[C@]3(O)C(=O)OC)C2)C1. The number of aromatic amines is 1. The maximum Gasteiger partial charge on any atom is 0.344 e. The van der Waals surface area contributed by atoms with Gasteiger partial charge in [-0.3, -0.25) is 19.4 Å². The molecule has 14 nitrogen and oxygen atoms in total. The van der Waals surface area contributed by atoms with Gasteiger partial charge in [0.05, 0.1) is 33.0 Å². The molecule has 63 heavy (non-hydrogen) atoms. The van der Waals surface area contributed by atoms with Crippen LogP contribution in [0.5, 0.6) is 5.75 Å². The Balaban J connectivity index is 1.25. The Morgan fingerprint density at radius 3 is 2.46 bits per heavy atom. The molecule has 3 aromatic rings. The van der Waals surface area contributed by atoms with E-state index in [4.69, 9.17) is 18.9 Å². The van der Waals surface area contributed by atoms with E-state index in [-0.39, 0.29) is 12.0 Å². The molecular weight excluding hydrogens is 803 g/mol. The van der Waals surface area contributed by atoms with E-state index in [1.54, 1.807) is 7.11 Å². The number of H-pyrrole nitrogens is 1. The number of anilines is 1. The van der Waals surface area contributed by atoms with Gasteiger partial charge >= 0.3 is 17.9 Å². The second kappa shape index (κ2) is 15.0. The van der Waals surface area contributed by atoms with Crippen LogP contribution in [0.4, 0.5) is 5.69 Å². The number of para-hydroxylation sites is 1. The van der Waals surface area contributed by atoms with Crippen LogP contribution < -0.4 is 15.0 Å². The van der Waals surface area contributed by atoms with Crippen LogP contribution in [0.3, 0.4) is 0 Å². The fourth-order valence-electron chi connectivity index (χ4n) is 14.4. The van der Waals surface area contributed by atoms with Crippen LogP contribution in [0.25, 0.3) is 10.9 Å². The highest BCUT2D eigenvalue weighted by Gasteiger charge is 2.80. The van der Waals surface area contributed by atoms with Crippen LogP contribution in [0, 0.1) is 11.3 Å². The van der Waals surface area contributed by atoms with E-state index in [9.17, 15) is 19.8 Å². The molecule has 1 spiro atoms. The fourth-order valence-corrected chi connectivity index (χ4v) is 14.4. The second-order valence-electron chi connectivity index (χ2n) is 19.7. The summed E-state index contributed by atoms with van der Waals surface area (Å²) in [5.74, 6) is -1.44. The number of nitrogens with one attached hydrogen (secondary N) is 2. The molecule has 10 rings (SSSR count). The lowest BCUT2D eigenvalue weighted by Gasteiger charge is -2.63. The Kier molecular flexibility index (Phi) is 10.1. The lowest BCUT2D eigenvalue weighted by atomic mass is 9.47. The number of methoxy groups -OCH3 is 3. The number of nitrogens with zero attached hydrogens (tertiary/aromatic N) is 3. The number of carbonyl (C=O) groups excluding carboxylic acids is 3. The van der Waals surface area contributed by atoms with Crippen molar-refractivity contribution in [1.82, 2.24) is 20.1 Å². The number of aliphatic hydroxyl groups is 2. The zero-order chi connectivity index (χ0) is 44.3. The van der Waals surface area contributed by atoms with Gasteiger partial charge < -0.3 is 44.4 Å². The van der Waals surface area contributed by atoms with E-state index in [2.05, 4.69) is 44.4 Å². The van der Waals surface area contributed by atoms with E-state index in [0.717, 1.165) is 39.8 Å². The van der Waals surface area contributed by atoms with Crippen molar-refractivity contribution in [3.8, 4) is 5.75 Å². The smallest absolute Gasteiger partial charge is 0.344 e. The highest BCUT2D eigenvalue weighted by molar-refractivity contribution is 5.95. The van der Waals surface area contributed by atoms with Gasteiger partial charge in [-0.05, 0) is 93.6 Å². The van der Waals surface area contributed by atoms with Gasteiger partial charge in [-0.15, -0.1) is 0 Å². The Morgan fingerprint density at radius 1 is 0.952 bits per heavy atom. The minimum atomic E-state index is -2.33. The molecule has 1 aromatic heterocycles. The summed E-state index contributed by atoms with van der Waals surface area (Å²) in [5, 5.41) is 30.0. The highest BCUT2D eigenvalue weighted by atomic mass is 16.6. The number of ether oxygens (including phenoxy) is 4. The first kappa shape index (κ1) is 42.5. The van der Waals surface area contributed by atoms with Gasteiger partial charge in [-0.1, -0.05) is 44.2 Å². The Hall–Kier alpha value is -4.47. The lowest BCUT2D eigenvalue weighted by molar-refractivity contribution is -0.230.